The van der Waals surface area contributed by atoms with Crippen LogP contribution in [0.1, 0.15) is 83.4 Å². The lowest BCUT2D eigenvalue weighted by Gasteiger charge is -2.51. The number of ether oxygens (including phenoxy) is 1. The summed E-state index contributed by atoms with van der Waals surface area (Å²) in [7, 11) is 0. The summed E-state index contributed by atoms with van der Waals surface area (Å²) < 4.78 is 49.0. The Morgan fingerprint density at radius 3 is 2.40 bits per heavy atom. The van der Waals surface area contributed by atoms with Crippen LogP contribution in [-0.4, -0.2) is 23.2 Å². The van der Waals surface area contributed by atoms with E-state index < -0.39 is 29.0 Å². The second-order valence-corrected chi connectivity index (χ2v) is 11.0. The summed E-state index contributed by atoms with van der Waals surface area (Å²) in [6.07, 6.45) is 0.408. The molecule has 7 heteroatoms. The fourth-order valence-corrected chi connectivity index (χ4v) is 5.84. The van der Waals surface area contributed by atoms with Crippen LogP contribution in [0.15, 0.2) is 30.3 Å². The monoisotopic (exact) mass is 491 g/mol. The summed E-state index contributed by atoms with van der Waals surface area (Å²) in [6.45, 7) is 7.89. The summed E-state index contributed by atoms with van der Waals surface area (Å²) in [5.74, 6) is -0.687. The van der Waals surface area contributed by atoms with Gasteiger partial charge in [0.25, 0.3) is 0 Å². The number of aliphatic carboxylic acids is 1. The summed E-state index contributed by atoms with van der Waals surface area (Å²) in [6, 6.07) is 8.08. The predicted molar refractivity (Wildman–Crippen MR) is 130 cm³/mol. The van der Waals surface area contributed by atoms with E-state index in [4.69, 9.17) is 4.74 Å². The number of carbonyl (C=O) groups is 1. The van der Waals surface area contributed by atoms with Gasteiger partial charge in [0.15, 0.2) is 0 Å². The van der Waals surface area contributed by atoms with Crippen LogP contribution >= 0.6 is 0 Å². The molecule has 2 aromatic rings. The van der Waals surface area contributed by atoms with Crippen molar-refractivity contribution in [3.63, 3.8) is 0 Å². The van der Waals surface area contributed by atoms with E-state index in [0.29, 0.717) is 17.7 Å². The van der Waals surface area contributed by atoms with E-state index in [-0.39, 0.29) is 29.3 Å². The molecule has 2 aliphatic carbocycles. The highest BCUT2D eigenvalue weighted by Gasteiger charge is 2.52. The number of carboxylic acid groups (broad SMARTS) is 1. The lowest BCUT2D eigenvalue weighted by atomic mass is 9.58. The largest absolute Gasteiger partial charge is 0.490 e. The number of halogens is 3. The topological polar surface area (TPSA) is 58.6 Å². The zero-order chi connectivity index (χ0) is 25.5. The van der Waals surface area contributed by atoms with Gasteiger partial charge in [0.05, 0.1) is 12.0 Å². The van der Waals surface area contributed by atoms with Gasteiger partial charge in [-0.2, -0.15) is 13.2 Å². The second-order valence-electron chi connectivity index (χ2n) is 11.0. The van der Waals surface area contributed by atoms with Crippen molar-refractivity contribution in [2.75, 3.05) is 0 Å². The van der Waals surface area contributed by atoms with Gasteiger partial charge in [-0.25, -0.2) is 0 Å². The molecule has 0 spiro atoms. The van der Waals surface area contributed by atoms with Gasteiger partial charge in [-0.05, 0) is 78.8 Å². The van der Waals surface area contributed by atoms with Crippen LogP contribution in [0.2, 0.25) is 0 Å². The SMILES string of the molecule is CC[C@H]1CC[C@@H](Oc2ccc3ccc(C(C)N[C@H]4C[C@@H](C(=O)O)C4(C)C)cc3c2C(F)(F)F)CC1. The highest BCUT2D eigenvalue weighted by atomic mass is 19.4. The molecule has 2 N–H and O–H groups in total. The Hall–Kier alpha value is -2.28. The minimum Gasteiger partial charge on any atom is -0.490 e. The Morgan fingerprint density at radius 1 is 1.17 bits per heavy atom. The standard InChI is InChI=1S/C28H36F3NO3/c1-5-17-6-11-20(12-7-17)35-23-13-10-18-8-9-19(14-21(18)25(23)28(29,30)31)16(2)32-24-15-22(26(33)34)27(24,3)4/h8-10,13-14,16-17,20,22,24,32H,5-7,11-12,15H2,1-4H3,(H,33,34)/t16?,17-,20+,22-,24-/m0/s1. The van der Waals surface area contributed by atoms with E-state index >= 15 is 0 Å². The number of alkyl halides is 3. The van der Waals surface area contributed by atoms with Crippen molar-refractivity contribution in [1.29, 1.82) is 0 Å². The Morgan fingerprint density at radius 2 is 1.83 bits per heavy atom. The number of benzene rings is 2. The molecule has 3 atom stereocenters. The van der Waals surface area contributed by atoms with E-state index in [0.717, 1.165) is 37.7 Å². The molecule has 0 aromatic heterocycles. The minimum atomic E-state index is -4.55. The molecule has 0 amide bonds. The lowest BCUT2D eigenvalue weighted by molar-refractivity contribution is -0.155. The fourth-order valence-electron chi connectivity index (χ4n) is 5.84. The molecule has 0 radical (unpaired) electrons. The van der Waals surface area contributed by atoms with Gasteiger partial charge in [0, 0.05) is 12.1 Å². The molecule has 0 heterocycles. The highest BCUT2D eigenvalue weighted by molar-refractivity contribution is 5.89. The Bertz CT molecular complexity index is 1070. The number of carboxylic acids is 1. The van der Waals surface area contributed by atoms with E-state index in [1.54, 1.807) is 18.2 Å². The summed E-state index contributed by atoms with van der Waals surface area (Å²) >= 11 is 0. The highest BCUT2D eigenvalue weighted by Crippen LogP contribution is 2.47. The van der Waals surface area contributed by atoms with Crippen LogP contribution in [0.4, 0.5) is 13.2 Å². The number of hydrogen-bond acceptors (Lipinski definition) is 3. The molecule has 4 rings (SSSR count). The van der Waals surface area contributed by atoms with E-state index in [1.807, 2.05) is 26.8 Å². The third-order valence-electron chi connectivity index (χ3n) is 8.47. The maximum Gasteiger partial charge on any atom is 0.420 e. The molecule has 2 aromatic carbocycles. The molecular formula is C28H36F3NO3. The van der Waals surface area contributed by atoms with Crippen molar-refractivity contribution in [3.05, 3.63) is 41.5 Å². The van der Waals surface area contributed by atoms with Crippen LogP contribution in [0.5, 0.6) is 5.75 Å². The van der Waals surface area contributed by atoms with Gasteiger partial charge in [0.1, 0.15) is 11.3 Å². The quantitative estimate of drug-likeness (QED) is 0.425. The average Bonchev–Trinajstić information content (AvgIpc) is 2.80. The van der Waals surface area contributed by atoms with Crippen molar-refractivity contribution < 1.29 is 27.8 Å². The molecule has 1 unspecified atom stereocenters. The number of nitrogens with one attached hydrogen (secondary N) is 1. The van der Waals surface area contributed by atoms with Gasteiger partial charge < -0.3 is 15.2 Å². The zero-order valence-corrected chi connectivity index (χ0v) is 20.9. The van der Waals surface area contributed by atoms with Crippen LogP contribution in [0.25, 0.3) is 10.8 Å². The smallest absolute Gasteiger partial charge is 0.420 e. The zero-order valence-electron chi connectivity index (χ0n) is 20.9. The first-order valence-electron chi connectivity index (χ1n) is 12.7. The molecule has 0 aliphatic heterocycles. The molecule has 2 fully saturated rings. The molecule has 4 nitrogen and oxygen atoms in total. The summed E-state index contributed by atoms with van der Waals surface area (Å²) in [4.78, 5) is 11.4. The van der Waals surface area contributed by atoms with Crippen molar-refractivity contribution in [2.24, 2.45) is 17.3 Å². The van der Waals surface area contributed by atoms with E-state index in [1.165, 1.54) is 6.07 Å². The number of hydrogen-bond donors (Lipinski definition) is 2. The normalized spacial score (nSPS) is 27.3. The Kier molecular flexibility index (Phi) is 7.11. The first kappa shape index (κ1) is 25.8. The lowest BCUT2D eigenvalue weighted by Crippen LogP contribution is -2.59. The Balaban J connectivity index is 1.60. The molecule has 2 saturated carbocycles. The molecule has 0 saturated heterocycles. The molecule has 2 aliphatic rings. The van der Waals surface area contributed by atoms with Crippen LogP contribution in [0, 0.1) is 17.3 Å². The minimum absolute atomic E-state index is 0.0238. The van der Waals surface area contributed by atoms with Crippen LogP contribution in [-0.2, 0) is 11.0 Å². The predicted octanol–water partition coefficient (Wildman–Crippen LogP) is 7.36. The fraction of sp³-hybridized carbons (Fsp3) is 0.607. The maximum atomic E-state index is 14.3. The van der Waals surface area contributed by atoms with Gasteiger partial charge in [-0.15, -0.1) is 0 Å². The first-order valence-corrected chi connectivity index (χ1v) is 12.7. The molecule has 192 valence electrons. The van der Waals surface area contributed by atoms with E-state index in [2.05, 4.69) is 12.2 Å². The number of fused-ring (bicyclic) bond motifs is 1. The third-order valence-corrected chi connectivity index (χ3v) is 8.47. The van der Waals surface area contributed by atoms with E-state index in [9.17, 15) is 23.1 Å². The van der Waals surface area contributed by atoms with Gasteiger partial charge >= 0.3 is 12.1 Å². The van der Waals surface area contributed by atoms with Crippen LogP contribution in [0.3, 0.4) is 0 Å². The summed E-state index contributed by atoms with van der Waals surface area (Å²) in [5, 5.41) is 13.5. The summed E-state index contributed by atoms with van der Waals surface area (Å²) in [5.41, 5.74) is -0.402. The van der Waals surface area contributed by atoms with Gasteiger partial charge in [-0.1, -0.05) is 45.4 Å². The van der Waals surface area contributed by atoms with Crippen molar-refractivity contribution in [3.8, 4) is 5.75 Å². The first-order chi connectivity index (χ1) is 16.4. The third kappa shape index (κ3) is 5.16. The van der Waals surface area contributed by atoms with Crippen molar-refractivity contribution >= 4 is 16.7 Å². The van der Waals surface area contributed by atoms with Gasteiger partial charge in [-0.3, -0.25) is 4.79 Å². The maximum absolute atomic E-state index is 14.3. The van der Waals surface area contributed by atoms with Gasteiger partial charge in [0.2, 0.25) is 0 Å². The average molecular weight is 492 g/mol. The van der Waals surface area contributed by atoms with Crippen molar-refractivity contribution in [1.82, 2.24) is 5.32 Å². The Labute approximate surface area is 205 Å². The molecular weight excluding hydrogens is 455 g/mol. The molecule has 0 bridgehead atoms. The second kappa shape index (κ2) is 9.64. The molecule has 35 heavy (non-hydrogen) atoms. The number of rotatable bonds is 7. The van der Waals surface area contributed by atoms with Crippen molar-refractivity contribution in [2.45, 2.75) is 90.6 Å². The van der Waals surface area contributed by atoms with Crippen LogP contribution < -0.4 is 10.1 Å².